The van der Waals surface area contributed by atoms with Gasteiger partial charge in [-0.05, 0) is 44.1 Å². The van der Waals surface area contributed by atoms with E-state index in [-0.39, 0.29) is 0 Å². The molecule has 1 N–H and O–H groups in total. The Hall–Kier alpha value is -1.62. The van der Waals surface area contributed by atoms with E-state index in [1.165, 1.54) is 25.7 Å². The van der Waals surface area contributed by atoms with Gasteiger partial charge in [-0.3, -0.25) is 4.57 Å². The summed E-state index contributed by atoms with van der Waals surface area (Å²) in [4.78, 5) is 2.21. The van der Waals surface area contributed by atoms with E-state index in [2.05, 4.69) is 50.9 Å². The fraction of sp³-hybridized carbons (Fsp3) is 0.467. The summed E-state index contributed by atoms with van der Waals surface area (Å²) in [5.74, 6) is 0.940. The van der Waals surface area contributed by atoms with Crippen molar-refractivity contribution >= 4 is 23.9 Å². The van der Waals surface area contributed by atoms with E-state index in [0.717, 1.165) is 23.0 Å². The first-order valence-electron chi connectivity index (χ1n) is 7.30. The number of hydrogen-bond donors (Lipinski definition) is 1. The lowest BCUT2D eigenvalue weighted by atomic mass is 10.2. The Kier molecular flexibility index (Phi) is 3.87. The van der Waals surface area contributed by atoms with Gasteiger partial charge in [0.05, 0.1) is 0 Å². The topological polar surface area (TPSA) is 36.9 Å². The smallest absolute Gasteiger partial charge is 0.230 e. The molecular formula is C15H20N4S. The van der Waals surface area contributed by atoms with E-state index < -0.39 is 0 Å². The van der Waals surface area contributed by atoms with Crippen LogP contribution in [0.4, 0.5) is 11.6 Å². The lowest BCUT2D eigenvalue weighted by molar-refractivity contribution is 0.511. The molecule has 0 bridgehead atoms. The lowest BCUT2D eigenvalue weighted by Crippen LogP contribution is -2.22. The lowest BCUT2D eigenvalue weighted by Gasteiger charge is -2.24. The maximum absolute atomic E-state index is 5.44. The molecule has 0 saturated heterocycles. The SMILES string of the molecule is CCN(c1ccccc1)c1n[nH]c(=S)n1C1CCCC1. The van der Waals surface area contributed by atoms with Crippen molar-refractivity contribution in [1.82, 2.24) is 14.8 Å². The highest BCUT2D eigenvalue weighted by Crippen LogP contribution is 2.34. The molecule has 0 unspecified atom stereocenters. The number of anilines is 2. The van der Waals surface area contributed by atoms with Crippen LogP contribution in [0.25, 0.3) is 0 Å². The largest absolute Gasteiger partial charge is 0.311 e. The van der Waals surface area contributed by atoms with Crippen molar-refractivity contribution in [3.63, 3.8) is 0 Å². The Balaban J connectivity index is 2.02. The number of para-hydroxylation sites is 1. The first-order valence-corrected chi connectivity index (χ1v) is 7.71. The monoisotopic (exact) mass is 288 g/mol. The Bertz CT molecular complexity index is 610. The summed E-state index contributed by atoms with van der Waals surface area (Å²) in [6, 6.07) is 10.9. The molecule has 5 heteroatoms. The summed E-state index contributed by atoms with van der Waals surface area (Å²) >= 11 is 5.44. The molecule has 1 heterocycles. The molecule has 1 aliphatic carbocycles. The minimum Gasteiger partial charge on any atom is -0.311 e. The van der Waals surface area contributed by atoms with Crippen LogP contribution in [0.5, 0.6) is 0 Å². The molecule has 20 heavy (non-hydrogen) atoms. The van der Waals surface area contributed by atoms with E-state index >= 15 is 0 Å². The van der Waals surface area contributed by atoms with Crippen molar-refractivity contribution in [1.29, 1.82) is 0 Å². The third kappa shape index (κ3) is 2.38. The Labute approximate surface area is 124 Å². The number of nitrogens with zero attached hydrogens (tertiary/aromatic N) is 3. The van der Waals surface area contributed by atoms with Gasteiger partial charge in [-0.25, -0.2) is 5.10 Å². The van der Waals surface area contributed by atoms with Crippen molar-refractivity contribution in [2.75, 3.05) is 11.4 Å². The van der Waals surface area contributed by atoms with Crippen molar-refractivity contribution in [3.05, 3.63) is 35.1 Å². The zero-order chi connectivity index (χ0) is 13.9. The van der Waals surface area contributed by atoms with Gasteiger partial charge in [0.25, 0.3) is 0 Å². The van der Waals surface area contributed by atoms with Gasteiger partial charge < -0.3 is 4.90 Å². The van der Waals surface area contributed by atoms with E-state index in [4.69, 9.17) is 12.2 Å². The number of H-pyrrole nitrogens is 1. The van der Waals surface area contributed by atoms with E-state index in [1.54, 1.807) is 0 Å². The molecule has 1 fully saturated rings. The summed E-state index contributed by atoms with van der Waals surface area (Å²) in [5.41, 5.74) is 1.16. The quantitative estimate of drug-likeness (QED) is 0.856. The first kappa shape index (κ1) is 13.4. The number of rotatable bonds is 4. The highest BCUT2D eigenvalue weighted by atomic mass is 32.1. The minimum atomic E-state index is 0.494. The van der Waals surface area contributed by atoms with Gasteiger partial charge >= 0.3 is 0 Å². The Morgan fingerprint density at radius 3 is 2.65 bits per heavy atom. The number of benzene rings is 1. The van der Waals surface area contributed by atoms with Gasteiger partial charge in [0, 0.05) is 18.3 Å². The molecule has 0 amide bonds. The molecule has 3 rings (SSSR count). The molecule has 0 radical (unpaired) electrons. The molecular weight excluding hydrogens is 268 g/mol. The van der Waals surface area contributed by atoms with Crippen molar-refractivity contribution < 1.29 is 0 Å². The van der Waals surface area contributed by atoms with Crippen LogP contribution in [0.3, 0.4) is 0 Å². The van der Waals surface area contributed by atoms with Crippen LogP contribution in [-0.2, 0) is 0 Å². The maximum Gasteiger partial charge on any atom is 0.230 e. The minimum absolute atomic E-state index is 0.494. The van der Waals surface area contributed by atoms with Crippen LogP contribution in [0.2, 0.25) is 0 Å². The summed E-state index contributed by atoms with van der Waals surface area (Å²) in [6.45, 7) is 3.01. The summed E-state index contributed by atoms with van der Waals surface area (Å²) < 4.78 is 2.94. The van der Waals surface area contributed by atoms with Crippen LogP contribution in [0, 0.1) is 4.77 Å². The Morgan fingerprint density at radius 1 is 1.30 bits per heavy atom. The molecule has 4 nitrogen and oxygen atoms in total. The third-order valence-electron chi connectivity index (χ3n) is 4.00. The molecule has 0 spiro atoms. The predicted molar refractivity (Wildman–Crippen MR) is 84.0 cm³/mol. The zero-order valence-electron chi connectivity index (χ0n) is 11.7. The van der Waals surface area contributed by atoms with Gasteiger partial charge in [0.2, 0.25) is 5.95 Å². The van der Waals surface area contributed by atoms with Gasteiger partial charge in [0.15, 0.2) is 4.77 Å². The summed E-state index contributed by atoms with van der Waals surface area (Å²) in [5, 5.41) is 7.45. The number of aromatic nitrogens is 3. The van der Waals surface area contributed by atoms with Crippen molar-refractivity contribution in [3.8, 4) is 0 Å². The van der Waals surface area contributed by atoms with Crippen LogP contribution < -0.4 is 4.90 Å². The predicted octanol–water partition coefficient (Wildman–Crippen LogP) is 4.21. The van der Waals surface area contributed by atoms with E-state index in [9.17, 15) is 0 Å². The molecule has 0 aliphatic heterocycles. The van der Waals surface area contributed by atoms with Gasteiger partial charge in [-0.1, -0.05) is 31.0 Å². The summed E-state index contributed by atoms with van der Waals surface area (Å²) in [6.07, 6.45) is 4.98. The average molecular weight is 288 g/mol. The second-order valence-corrected chi connectivity index (χ2v) is 5.60. The Morgan fingerprint density at radius 2 is 2.00 bits per heavy atom. The highest BCUT2D eigenvalue weighted by molar-refractivity contribution is 7.71. The fourth-order valence-corrected chi connectivity index (χ4v) is 3.30. The van der Waals surface area contributed by atoms with Crippen molar-refractivity contribution in [2.45, 2.75) is 38.6 Å². The molecule has 106 valence electrons. The zero-order valence-corrected chi connectivity index (χ0v) is 12.6. The second-order valence-electron chi connectivity index (χ2n) is 5.22. The average Bonchev–Trinajstić information content (AvgIpc) is 3.11. The molecule has 1 aromatic heterocycles. The molecule has 2 aromatic rings. The molecule has 0 atom stereocenters. The standard InChI is InChI=1S/C15H20N4S/c1-2-18(12-8-4-3-5-9-12)14-16-17-15(20)19(14)13-10-6-7-11-13/h3-5,8-9,13H,2,6-7,10-11H2,1H3,(H,17,20). The summed E-state index contributed by atoms with van der Waals surface area (Å²) in [7, 11) is 0. The molecule has 1 aromatic carbocycles. The number of aromatic amines is 1. The van der Waals surface area contributed by atoms with E-state index in [0.29, 0.717) is 6.04 Å². The van der Waals surface area contributed by atoms with Crippen molar-refractivity contribution in [2.24, 2.45) is 0 Å². The van der Waals surface area contributed by atoms with Gasteiger partial charge in [0.1, 0.15) is 0 Å². The number of hydrogen-bond acceptors (Lipinski definition) is 3. The molecule has 1 aliphatic rings. The fourth-order valence-electron chi connectivity index (χ4n) is 3.03. The number of nitrogens with one attached hydrogen (secondary N) is 1. The normalized spacial score (nSPS) is 15.7. The van der Waals surface area contributed by atoms with Gasteiger partial charge in [-0.2, -0.15) is 0 Å². The maximum atomic E-state index is 5.44. The first-order chi connectivity index (χ1) is 9.81. The van der Waals surface area contributed by atoms with Crippen LogP contribution >= 0.6 is 12.2 Å². The van der Waals surface area contributed by atoms with E-state index in [1.807, 2.05) is 6.07 Å². The van der Waals surface area contributed by atoms with Gasteiger partial charge in [-0.15, -0.1) is 5.10 Å². The third-order valence-corrected chi connectivity index (χ3v) is 4.29. The van der Waals surface area contributed by atoms with Crippen LogP contribution in [-0.4, -0.2) is 21.3 Å². The molecule has 1 saturated carbocycles. The second kappa shape index (κ2) is 5.79. The van der Waals surface area contributed by atoms with Crippen LogP contribution in [0.1, 0.15) is 38.6 Å². The highest BCUT2D eigenvalue weighted by Gasteiger charge is 2.24. The van der Waals surface area contributed by atoms with Crippen LogP contribution in [0.15, 0.2) is 30.3 Å².